The van der Waals surface area contributed by atoms with E-state index in [0.717, 1.165) is 31.4 Å². The third kappa shape index (κ3) is 4.39. The fourth-order valence-electron chi connectivity index (χ4n) is 2.27. The summed E-state index contributed by atoms with van der Waals surface area (Å²) in [6.45, 7) is -2.83. The zero-order chi connectivity index (χ0) is 23.0. The third-order valence-electron chi connectivity index (χ3n) is 3.79. The molecule has 3 N–H and O–H groups in total. The molecule has 0 aromatic carbocycles. The van der Waals surface area contributed by atoms with E-state index < -0.39 is 39.1 Å². The SMILES string of the molecule is [2H]C([2H])([2H])NC(=O)c1nnc(NC(=O)C2CC2)cc1Nc1ncc(F)cc1S(C)(=O)=O. The minimum Gasteiger partial charge on any atom is -0.354 e. The molecular formula is C16H17FN6O4S. The standard InChI is InChI=1S/C16H17FN6O4S/c1-18-16(25)13-10(6-12(22-23-13)21-15(24)8-3-4-8)20-14-11(28(2,26)27)5-9(17)7-19-14/h5-8H,3-4H2,1-2H3,(H,18,25)(H2,19,20,21,22,24)/i1D3. The summed E-state index contributed by atoms with van der Waals surface area (Å²) in [6.07, 6.45) is 3.04. The van der Waals surface area contributed by atoms with Gasteiger partial charge in [0.15, 0.2) is 21.3 Å². The summed E-state index contributed by atoms with van der Waals surface area (Å²) >= 11 is 0. The summed E-state index contributed by atoms with van der Waals surface area (Å²) in [5.41, 5.74) is -0.710. The number of nitrogens with one attached hydrogen (secondary N) is 3. The molecule has 2 aromatic heterocycles. The van der Waals surface area contributed by atoms with Gasteiger partial charge < -0.3 is 16.0 Å². The lowest BCUT2D eigenvalue weighted by atomic mass is 10.2. The number of carbonyl (C=O) groups is 2. The van der Waals surface area contributed by atoms with Gasteiger partial charge in [-0.3, -0.25) is 9.59 Å². The Morgan fingerprint density at radius 1 is 1.29 bits per heavy atom. The minimum atomic E-state index is -3.93. The zero-order valence-corrected chi connectivity index (χ0v) is 15.3. The van der Waals surface area contributed by atoms with Gasteiger partial charge in [0.25, 0.3) is 5.91 Å². The first-order valence-corrected chi connectivity index (χ1v) is 9.86. The van der Waals surface area contributed by atoms with Crippen LogP contribution in [0.2, 0.25) is 0 Å². The number of carbonyl (C=O) groups excluding carboxylic acids is 2. The lowest BCUT2D eigenvalue weighted by Crippen LogP contribution is -2.23. The molecule has 148 valence electrons. The van der Waals surface area contributed by atoms with Gasteiger partial charge in [0.05, 0.1) is 11.9 Å². The fraction of sp³-hybridized carbons (Fsp3) is 0.312. The van der Waals surface area contributed by atoms with Crippen LogP contribution in [0.4, 0.5) is 21.7 Å². The van der Waals surface area contributed by atoms with E-state index in [9.17, 15) is 22.4 Å². The van der Waals surface area contributed by atoms with Crippen LogP contribution in [0.1, 0.15) is 27.4 Å². The highest BCUT2D eigenvalue weighted by Crippen LogP contribution is 2.31. The monoisotopic (exact) mass is 411 g/mol. The van der Waals surface area contributed by atoms with Gasteiger partial charge in [-0.1, -0.05) is 0 Å². The molecular weight excluding hydrogens is 391 g/mol. The maximum atomic E-state index is 13.5. The minimum absolute atomic E-state index is 0.0622. The van der Waals surface area contributed by atoms with Gasteiger partial charge in [-0.15, -0.1) is 10.2 Å². The van der Waals surface area contributed by atoms with E-state index in [1.165, 1.54) is 6.07 Å². The van der Waals surface area contributed by atoms with Crippen molar-refractivity contribution in [3.63, 3.8) is 0 Å². The van der Waals surface area contributed by atoms with E-state index in [4.69, 9.17) is 4.11 Å². The second kappa shape index (κ2) is 7.46. The van der Waals surface area contributed by atoms with E-state index in [2.05, 4.69) is 25.8 Å². The number of pyridine rings is 1. The number of anilines is 3. The first-order valence-electron chi connectivity index (χ1n) is 9.47. The fourth-order valence-corrected chi connectivity index (χ4v) is 3.06. The van der Waals surface area contributed by atoms with E-state index in [1.54, 1.807) is 5.32 Å². The number of hydrogen-bond acceptors (Lipinski definition) is 8. The summed E-state index contributed by atoms with van der Waals surface area (Å²) in [7, 11) is -3.93. The molecule has 1 aliphatic rings. The van der Waals surface area contributed by atoms with Gasteiger partial charge in [-0.25, -0.2) is 17.8 Å². The van der Waals surface area contributed by atoms with E-state index in [1.807, 2.05) is 0 Å². The molecule has 0 radical (unpaired) electrons. The molecule has 2 amide bonds. The predicted molar refractivity (Wildman–Crippen MR) is 97.4 cm³/mol. The average Bonchev–Trinajstić information content (AvgIpc) is 3.46. The third-order valence-corrected chi connectivity index (χ3v) is 4.90. The van der Waals surface area contributed by atoms with Crippen LogP contribution in [0.25, 0.3) is 0 Å². The van der Waals surface area contributed by atoms with Crippen molar-refractivity contribution in [1.29, 1.82) is 0 Å². The van der Waals surface area contributed by atoms with Crippen molar-refractivity contribution in [2.24, 2.45) is 5.92 Å². The number of rotatable bonds is 6. The van der Waals surface area contributed by atoms with Gasteiger partial charge in [0.1, 0.15) is 16.5 Å². The molecule has 1 saturated carbocycles. The van der Waals surface area contributed by atoms with Crippen molar-refractivity contribution in [3.05, 3.63) is 29.8 Å². The number of hydrogen-bond donors (Lipinski definition) is 3. The average molecular weight is 411 g/mol. The van der Waals surface area contributed by atoms with Crippen LogP contribution in [-0.2, 0) is 14.6 Å². The van der Waals surface area contributed by atoms with E-state index in [-0.39, 0.29) is 29.1 Å². The Morgan fingerprint density at radius 3 is 2.68 bits per heavy atom. The van der Waals surface area contributed by atoms with Crippen LogP contribution >= 0.6 is 0 Å². The number of sulfone groups is 1. The summed E-state index contributed by atoms with van der Waals surface area (Å²) in [4.78, 5) is 27.5. The largest absolute Gasteiger partial charge is 0.354 e. The van der Waals surface area contributed by atoms with Crippen molar-refractivity contribution < 1.29 is 26.5 Å². The zero-order valence-electron chi connectivity index (χ0n) is 17.5. The Kier molecular flexibility index (Phi) is 4.23. The van der Waals surface area contributed by atoms with Crippen molar-refractivity contribution in [1.82, 2.24) is 20.5 Å². The Bertz CT molecular complexity index is 1150. The van der Waals surface area contributed by atoms with Crippen LogP contribution in [0.3, 0.4) is 0 Å². The van der Waals surface area contributed by atoms with Crippen molar-refractivity contribution in [3.8, 4) is 0 Å². The maximum absolute atomic E-state index is 13.5. The molecule has 28 heavy (non-hydrogen) atoms. The molecule has 1 fully saturated rings. The molecule has 0 bridgehead atoms. The van der Waals surface area contributed by atoms with Crippen molar-refractivity contribution in [2.75, 3.05) is 23.9 Å². The van der Waals surface area contributed by atoms with Gasteiger partial charge >= 0.3 is 0 Å². The number of halogens is 1. The Hall–Kier alpha value is -3.15. The molecule has 2 aromatic rings. The molecule has 3 rings (SSSR count). The van der Waals surface area contributed by atoms with Crippen molar-refractivity contribution in [2.45, 2.75) is 17.7 Å². The first kappa shape index (κ1) is 15.9. The highest BCUT2D eigenvalue weighted by atomic mass is 32.2. The molecule has 1 aliphatic carbocycles. The summed E-state index contributed by atoms with van der Waals surface area (Å²) < 4.78 is 59.1. The van der Waals surface area contributed by atoms with Crippen LogP contribution in [0.5, 0.6) is 0 Å². The van der Waals surface area contributed by atoms with Gasteiger partial charge in [0, 0.05) is 29.3 Å². The normalized spacial score (nSPS) is 15.7. The van der Waals surface area contributed by atoms with Crippen LogP contribution in [0, 0.1) is 11.7 Å². The van der Waals surface area contributed by atoms with Gasteiger partial charge in [-0.2, -0.15) is 0 Å². The molecule has 0 unspecified atom stereocenters. The maximum Gasteiger partial charge on any atom is 0.273 e. The molecule has 12 heteroatoms. The van der Waals surface area contributed by atoms with Crippen LogP contribution < -0.4 is 16.0 Å². The summed E-state index contributed by atoms with van der Waals surface area (Å²) in [5.74, 6) is -2.91. The predicted octanol–water partition coefficient (Wildman–Crippen LogP) is 0.866. The quantitative estimate of drug-likeness (QED) is 0.635. The Labute approximate surface area is 164 Å². The topological polar surface area (TPSA) is 143 Å². The molecule has 10 nitrogen and oxygen atoms in total. The van der Waals surface area contributed by atoms with E-state index >= 15 is 0 Å². The second-order valence-electron chi connectivity index (χ2n) is 6.11. The Morgan fingerprint density at radius 2 is 2.04 bits per heavy atom. The Balaban J connectivity index is 2.03. The number of amides is 2. The summed E-state index contributed by atoms with van der Waals surface area (Å²) in [5, 5.41) is 14.1. The molecule has 2 heterocycles. The highest BCUT2D eigenvalue weighted by molar-refractivity contribution is 7.90. The molecule has 0 atom stereocenters. The lowest BCUT2D eigenvalue weighted by molar-refractivity contribution is -0.117. The molecule has 0 saturated heterocycles. The molecule has 0 aliphatic heterocycles. The first-order chi connectivity index (χ1) is 14.3. The van der Waals surface area contributed by atoms with Gasteiger partial charge in [0.2, 0.25) is 5.91 Å². The van der Waals surface area contributed by atoms with Gasteiger partial charge in [-0.05, 0) is 18.9 Å². The second-order valence-corrected chi connectivity index (χ2v) is 8.09. The summed E-state index contributed by atoms with van der Waals surface area (Å²) in [6, 6.07) is 1.90. The molecule has 0 spiro atoms. The number of nitrogens with zero attached hydrogens (tertiary/aromatic N) is 3. The highest BCUT2D eigenvalue weighted by Gasteiger charge is 2.30. The number of aromatic nitrogens is 3. The van der Waals surface area contributed by atoms with Crippen LogP contribution in [-0.4, -0.2) is 48.6 Å². The van der Waals surface area contributed by atoms with E-state index in [0.29, 0.717) is 0 Å². The lowest BCUT2D eigenvalue weighted by Gasteiger charge is -2.13. The van der Waals surface area contributed by atoms with Crippen LogP contribution in [0.15, 0.2) is 23.2 Å². The van der Waals surface area contributed by atoms with Crippen molar-refractivity contribution >= 4 is 39.0 Å². The smallest absolute Gasteiger partial charge is 0.273 e.